The third-order valence-corrected chi connectivity index (χ3v) is 6.51. The first-order valence-electron chi connectivity index (χ1n) is 6.21. The van der Waals surface area contributed by atoms with Gasteiger partial charge in [-0.25, -0.2) is 13.4 Å². The summed E-state index contributed by atoms with van der Waals surface area (Å²) < 4.78 is 24.9. The Morgan fingerprint density at radius 2 is 1.90 bits per heavy atom. The van der Waals surface area contributed by atoms with Crippen molar-refractivity contribution in [3.63, 3.8) is 0 Å². The maximum atomic E-state index is 12.0. The molecule has 5 nitrogen and oxygen atoms in total. The number of fused-ring (bicyclic) bond motifs is 1. The van der Waals surface area contributed by atoms with E-state index in [1.165, 1.54) is 18.3 Å². The third kappa shape index (κ3) is 2.83. The number of thiazole rings is 1. The van der Waals surface area contributed by atoms with Crippen LogP contribution < -0.4 is 5.32 Å². The Kier molecular flexibility index (Phi) is 4.10. The van der Waals surface area contributed by atoms with Gasteiger partial charge in [0, 0.05) is 0 Å². The van der Waals surface area contributed by atoms with Crippen molar-refractivity contribution in [3.05, 3.63) is 24.3 Å². The molecule has 108 valence electrons. The lowest BCUT2D eigenvalue weighted by molar-refractivity contribution is -0.115. The zero-order valence-corrected chi connectivity index (χ0v) is 13.1. The molecule has 7 heteroatoms. The molecule has 1 aromatic carbocycles. The molecule has 1 unspecified atom stereocenters. The maximum Gasteiger partial charge on any atom is 0.244 e. The highest BCUT2D eigenvalue weighted by Gasteiger charge is 2.31. The Bertz CT molecular complexity index is 702. The summed E-state index contributed by atoms with van der Waals surface area (Å²) in [6.07, 6.45) is 0. The van der Waals surface area contributed by atoms with E-state index in [9.17, 15) is 13.2 Å². The lowest BCUT2D eigenvalue weighted by atomic mass is 10.3. The van der Waals surface area contributed by atoms with Crippen molar-refractivity contribution in [3.8, 4) is 0 Å². The van der Waals surface area contributed by atoms with Crippen molar-refractivity contribution >= 4 is 42.4 Å². The van der Waals surface area contributed by atoms with Gasteiger partial charge >= 0.3 is 0 Å². The van der Waals surface area contributed by atoms with Crippen molar-refractivity contribution in [1.82, 2.24) is 4.98 Å². The van der Waals surface area contributed by atoms with Crippen LogP contribution in [0.15, 0.2) is 24.3 Å². The Hall–Kier alpha value is -1.47. The first-order chi connectivity index (χ1) is 9.32. The number of carbonyl (C=O) groups is 1. The van der Waals surface area contributed by atoms with Gasteiger partial charge in [0.1, 0.15) is 5.25 Å². The first-order valence-corrected chi connectivity index (χ1v) is 8.64. The largest absolute Gasteiger partial charge is 0.301 e. The summed E-state index contributed by atoms with van der Waals surface area (Å²) in [5, 5.41) is 1.33. The van der Waals surface area contributed by atoms with Gasteiger partial charge in [0.25, 0.3) is 0 Å². The number of hydrogen-bond donors (Lipinski definition) is 1. The summed E-state index contributed by atoms with van der Waals surface area (Å²) in [6.45, 7) is 4.53. The van der Waals surface area contributed by atoms with Crippen molar-refractivity contribution in [2.45, 2.75) is 31.3 Å². The number of aromatic nitrogens is 1. The van der Waals surface area contributed by atoms with Crippen LogP contribution in [0.3, 0.4) is 0 Å². The summed E-state index contributed by atoms with van der Waals surface area (Å²) >= 11 is 1.32. The molecule has 20 heavy (non-hydrogen) atoms. The minimum Gasteiger partial charge on any atom is -0.301 e. The number of nitrogens with one attached hydrogen (secondary N) is 1. The van der Waals surface area contributed by atoms with Crippen LogP contribution in [0.4, 0.5) is 5.13 Å². The molecular formula is C13H16N2O3S2. The van der Waals surface area contributed by atoms with E-state index in [1.807, 2.05) is 24.3 Å². The van der Waals surface area contributed by atoms with Crippen LogP contribution in [0.2, 0.25) is 0 Å². The van der Waals surface area contributed by atoms with Gasteiger partial charge in [0.2, 0.25) is 5.91 Å². The Balaban J connectivity index is 2.19. The minimum atomic E-state index is -3.46. The van der Waals surface area contributed by atoms with E-state index in [1.54, 1.807) is 13.8 Å². The molecule has 0 aliphatic carbocycles. The van der Waals surface area contributed by atoms with Crippen molar-refractivity contribution in [2.75, 3.05) is 5.32 Å². The van der Waals surface area contributed by atoms with Crippen LogP contribution in [0, 0.1) is 0 Å². The van der Waals surface area contributed by atoms with E-state index < -0.39 is 26.2 Å². The number of anilines is 1. The molecule has 2 rings (SSSR count). The van der Waals surface area contributed by atoms with E-state index in [2.05, 4.69) is 10.3 Å². The fraction of sp³-hybridized carbons (Fsp3) is 0.385. The lowest BCUT2D eigenvalue weighted by Gasteiger charge is -2.14. The van der Waals surface area contributed by atoms with Crippen molar-refractivity contribution in [2.24, 2.45) is 0 Å². The molecule has 2 aromatic rings. The summed E-state index contributed by atoms with van der Waals surface area (Å²) in [7, 11) is -3.46. The second kappa shape index (κ2) is 5.49. The van der Waals surface area contributed by atoms with E-state index in [-0.39, 0.29) is 0 Å². The monoisotopic (exact) mass is 312 g/mol. The molecule has 0 spiro atoms. The van der Waals surface area contributed by atoms with Crippen LogP contribution in [-0.4, -0.2) is 29.8 Å². The second-order valence-corrected chi connectivity index (χ2v) is 8.61. The zero-order chi connectivity index (χ0) is 14.9. The normalized spacial score (nSPS) is 13.6. The molecule has 0 saturated carbocycles. The summed E-state index contributed by atoms with van der Waals surface area (Å²) in [4.78, 5) is 16.3. The zero-order valence-electron chi connectivity index (χ0n) is 11.5. The molecule has 0 aliphatic rings. The molecule has 0 bridgehead atoms. The van der Waals surface area contributed by atoms with Crippen molar-refractivity contribution < 1.29 is 13.2 Å². The average Bonchev–Trinajstić information content (AvgIpc) is 2.79. The number of nitrogens with zero attached hydrogens (tertiary/aromatic N) is 1. The highest BCUT2D eigenvalue weighted by molar-refractivity contribution is 7.93. The van der Waals surface area contributed by atoms with E-state index >= 15 is 0 Å². The molecule has 0 aliphatic heterocycles. The Labute approximate surface area is 121 Å². The van der Waals surface area contributed by atoms with E-state index in [0.717, 1.165) is 10.2 Å². The van der Waals surface area contributed by atoms with Crippen LogP contribution in [0.5, 0.6) is 0 Å². The Morgan fingerprint density at radius 1 is 1.25 bits per heavy atom. The fourth-order valence-corrected chi connectivity index (χ4v) is 3.73. The molecule has 1 amide bonds. The molecule has 0 radical (unpaired) electrons. The topological polar surface area (TPSA) is 76.1 Å². The van der Waals surface area contributed by atoms with Gasteiger partial charge in [0.15, 0.2) is 15.0 Å². The van der Waals surface area contributed by atoms with Crippen LogP contribution >= 0.6 is 11.3 Å². The quantitative estimate of drug-likeness (QED) is 0.941. The van der Waals surface area contributed by atoms with Gasteiger partial charge < -0.3 is 5.32 Å². The number of benzene rings is 1. The highest BCUT2D eigenvalue weighted by atomic mass is 32.2. The maximum absolute atomic E-state index is 12.0. The van der Waals surface area contributed by atoms with E-state index in [4.69, 9.17) is 0 Å². The van der Waals surface area contributed by atoms with Crippen LogP contribution in [-0.2, 0) is 14.6 Å². The molecular weight excluding hydrogens is 296 g/mol. The summed E-state index contributed by atoms with van der Waals surface area (Å²) in [6, 6.07) is 7.49. The number of amides is 1. The standard InChI is InChI=1S/C13H16N2O3S2/c1-8(2)20(17,18)9(3)12(16)15-13-14-10-6-4-5-7-11(10)19-13/h4-9H,1-3H3,(H,14,15,16). The third-order valence-electron chi connectivity index (χ3n) is 3.04. The summed E-state index contributed by atoms with van der Waals surface area (Å²) in [5.41, 5.74) is 0.784. The van der Waals surface area contributed by atoms with Crippen molar-refractivity contribution in [1.29, 1.82) is 0 Å². The minimum absolute atomic E-state index is 0.419. The molecule has 0 saturated heterocycles. The second-order valence-electron chi connectivity index (χ2n) is 4.76. The molecule has 1 N–H and O–H groups in total. The molecule has 1 atom stereocenters. The number of rotatable bonds is 4. The predicted molar refractivity (Wildman–Crippen MR) is 81.8 cm³/mol. The van der Waals surface area contributed by atoms with Gasteiger partial charge in [-0.3, -0.25) is 4.79 Å². The van der Waals surface area contributed by atoms with E-state index in [0.29, 0.717) is 5.13 Å². The first kappa shape index (κ1) is 14.9. The lowest BCUT2D eigenvalue weighted by Crippen LogP contribution is -2.36. The molecule has 0 fully saturated rings. The summed E-state index contributed by atoms with van der Waals surface area (Å²) in [5.74, 6) is -0.544. The van der Waals surface area contributed by atoms with Gasteiger partial charge in [-0.1, -0.05) is 23.5 Å². The number of para-hydroxylation sites is 1. The Morgan fingerprint density at radius 3 is 2.50 bits per heavy atom. The van der Waals surface area contributed by atoms with Gasteiger partial charge in [0.05, 0.1) is 15.5 Å². The number of sulfone groups is 1. The van der Waals surface area contributed by atoms with Gasteiger partial charge in [-0.2, -0.15) is 0 Å². The molecule has 1 heterocycles. The average molecular weight is 312 g/mol. The fourth-order valence-electron chi connectivity index (χ4n) is 1.69. The van der Waals surface area contributed by atoms with Crippen LogP contribution in [0.25, 0.3) is 10.2 Å². The highest BCUT2D eigenvalue weighted by Crippen LogP contribution is 2.25. The smallest absolute Gasteiger partial charge is 0.244 e. The number of hydrogen-bond acceptors (Lipinski definition) is 5. The van der Waals surface area contributed by atoms with Gasteiger partial charge in [-0.05, 0) is 32.9 Å². The molecule has 1 aromatic heterocycles. The number of carbonyl (C=O) groups excluding carboxylic acids is 1. The van der Waals surface area contributed by atoms with Crippen LogP contribution in [0.1, 0.15) is 20.8 Å². The predicted octanol–water partition coefficient (Wildman–Crippen LogP) is 2.45. The van der Waals surface area contributed by atoms with Gasteiger partial charge in [-0.15, -0.1) is 0 Å². The SMILES string of the molecule is CC(C)S(=O)(=O)C(C)C(=O)Nc1nc2ccccc2s1.